The molecule has 1 aromatic heterocycles. The van der Waals surface area contributed by atoms with E-state index in [1.807, 2.05) is 0 Å². The van der Waals surface area contributed by atoms with E-state index in [0.717, 1.165) is 27.3 Å². The zero-order valence-corrected chi connectivity index (χ0v) is 14.5. The van der Waals surface area contributed by atoms with Gasteiger partial charge in [-0.1, -0.05) is 13.8 Å². The van der Waals surface area contributed by atoms with Gasteiger partial charge in [0, 0.05) is 27.5 Å². The molecule has 1 fully saturated rings. The van der Waals surface area contributed by atoms with Gasteiger partial charge in [0.1, 0.15) is 10.8 Å². The van der Waals surface area contributed by atoms with Crippen molar-refractivity contribution in [2.24, 2.45) is 0 Å². The van der Waals surface area contributed by atoms with Crippen molar-refractivity contribution in [3.05, 3.63) is 39.1 Å². The molecule has 1 heterocycles. The highest BCUT2D eigenvalue weighted by Crippen LogP contribution is 2.36. The third-order valence-electron chi connectivity index (χ3n) is 3.56. The summed E-state index contributed by atoms with van der Waals surface area (Å²) in [5, 5.41) is 4.51. The van der Waals surface area contributed by atoms with Gasteiger partial charge in [-0.3, -0.25) is 0 Å². The molecule has 112 valence electrons. The number of thiazole rings is 1. The molecular weight excluding hydrogens is 351 g/mol. The monoisotopic (exact) mass is 368 g/mol. The first kappa shape index (κ1) is 15.1. The first-order valence-electron chi connectivity index (χ1n) is 7.23. The van der Waals surface area contributed by atoms with Crippen molar-refractivity contribution >= 4 is 27.3 Å². The van der Waals surface area contributed by atoms with Crippen molar-refractivity contribution in [3.63, 3.8) is 0 Å². The second-order valence-corrected chi connectivity index (χ2v) is 7.70. The topological polar surface area (TPSA) is 24.9 Å². The molecule has 1 N–H and O–H groups in total. The van der Waals surface area contributed by atoms with E-state index in [0.29, 0.717) is 12.0 Å². The molecule has 0 spiro atoms. The van der Waals surface area contributed by atoms with Crippen LogP contribution in [0.15, 0.2) is 22.7 Å². The lowest BCUT2D eigenvalue weighted by molar-refractivity contribution is 0.627. The minimum Gasteiger partial charge on any atom is -0.309 e. The van der Waals surface area contributed by atoms with E-state index in [9.17, 15) is 4.39 Å². The Bertz CT molecular complexity index is 650. The van der Waals surface area contributed by atoms with Gasteiger partial charge in [-0.15, -0.1) is 11.3 Å². The maximum absolute atomic E-state index is 13.2. The van der Waals surface area contributed by atoms with Crippen molar-refractivity contribution < 1.29 is 4.39 Å². The Hall–Kier alpha value is -0.780. The van der Waals surface area contributed by atoms with Crippen LogP contribution < -0.4 is 5.32 Å². The molecule has 1 aliphatic rings. The standard InChI is InChI=1S/C16H18BrFN2S/c1-9(2)15-14(8-19-11-4-5-11)21-16(20-15)12-6-3-10(18)7-13(12)17/h3,6-7,9,11,19H,4-5,8H2,1-2H3. The van der Waals surface area contributed by atoms with Gasteiger partial charge in [0.15, 0.2) is 0 Å². The summed E-state index contributed by atoms with van der Waals surface area (Å²) in [6.07, 6.45) is 2.57. The minimum absolute atomic E-state index is 0.234. The maximum Gasteiger partial charge on any atom is 0.125 e. The predicted octanol–water partition coefficient (Wildman–Crippen LogP) is 5.09. The fourth-order valence-corrected chi connectivity index (χ4v) is 4.12. The van der Waals surface area contributed by atoms with Crippen LogP contribution in [0.25, 0.3) is 10.6 Å². The molecule has 2 nitrogen and oxygen atoms in total. The molecule has 5 heteroatoms. The summed E-state index contributed by atoms with van der Waals surface area (Å²) in [4.78, 5) is 6.09. The molecule has 0 atom stereocenters. The fraction of sp³-hybridized carbons (Fsp3) is 0.438. The Balaban J connectivity index is 1.92. The number of hydrogen-bond acceptors (Lipinski definition) is 3. The third-order valence-corrected chi connectivity index (χ3v) is 5.33. The summed E-state index contributed by atoms with van der Waals surface area (Å²) in [6, 6.07) is 5.46. The highest BCUT2D eigenvalue weighted by atomic mass is 79.9. The van der Waals surface area contributed by atoms with Crippen LogP contribution in [0.1, 0.15) is 43.2 Å². The highest BCUT2D eigenvalue weighted by molar-refractivity contribution is 9.10. The Morgan fingerprint density at radius 3 is 2.81 bits per heavy atom. The van der Waals surface area contributed by atoms with E-state index in [1.165, 1.54) is 29.9 Å². The second-order valence-electron chi connectivity index (χ2n) is 5.76. The molecule has 0 aliphatic heterocycles. The lowest BCUT2D eigenvalue weighted by atomic mass is 10.1. The summed E-state index contributed by atoms with van der Waals surface area (Å²) in [5.41, 5.74) is 2.11. The van der Waals surface area contributed by atoms with E-state index in [2.05, 4.69) is 35.1 Å². The molecule has 1 aromatic carbocycles. The summed E-state index contributed by atoms with van der Waals surface area (Å²) in [5.74, 6) is 0.159. The number of aromatic nitrogens is 1. The molecule has 1 saturated carbocycles. The van der Waals surface area contributed by atoms with E-state index in [4.69, 9.17) is 4.98 Å². The average Bonchev–Trinajstić information content (AvgIpc) is 3.15. The van der Waals surface area contributed by atoms with Gasteiger partial charge in [-0.05, 0) is 52.9 Å². The molecule has 0 saturated heterocycles. The number of nitrogens with zero attached hydrogens (tertiary/aromatic N) is 1. The van der Waals surface area contributed by atoms with Crippen LogP contribution >= 0.6 is 27.3 Å². The maximum atomic E-state index is 13.2. The molecule has 21 heavy (non-hydrogen) atoms. The number of hydrogen-bond donors (Lipinski definition) is 1. The van der Waals surface area contributed by atoms with Gasteiger partial charge >= 0.3 is 0 Å². The zero-order valence-electron chi connectivity index (χ0n) is 12.1. The fourth-order valence-electron chi connectivity index (χ4n) is 2.24. The van der Waals surface area contributed by atoms with Gasteiger partial charge in [0.2, 0.25) is 0 Å². The molecule has 0 unspecified atom stereocenters. The van der Waals surface area contributed by atoms with Crippen LogP contribution in [-0.2, 0) is 6.54 Å². The van der Waals surface area contributed by atoms with Crippen molar-refractivity contribution in [2.75, 3.05) is 0 Å². The van der Waals surface area contributed by atoms with Crippen LogP contribution in [-0.4, -0.2) is 11.0 Å². The van der Waals surface area contributed by atoms with Crippen molar-refractivity contribution in [1.82, 2.24) is 10.3 Å². The number of nitrogens with one attached hydrogen (secondary N) is 1. The van der Waals surface area contributed by atoms with Gasteiger partial charge < -0.3 is 5.32 Å². The van der Waals surface area contributed by atoms with Gasteiger partial charge in [0.05, 0.1) is 5.69 Å². The molecule has 2 aromatic rings. The molecule has 0 bridgehead atoms. The van der Waals surface area contributed by atoms with Crippen LogP contribution in [0, 0.1) is 5.82 Å². The average molecular weight is 369 g/mol. The van der Waals surface area contributed by atoms with Crippen molar-refractivity contribution in [2.45, 2.75) is 45.2 Å². The normalized spacial score (nSPS) is 14.9. The van der Waals surface area contributed by atoms with E-state index in [-0.39, 0.29) is 5.82 Å². The molecule has 0 radical (unpaired) electrons. The molecular formula is C16H18BrFN2S. The summed E-state index contributed by atoms with van der Waals surface area (Å²) >= 11 is 5.14. The zero-order chi connectivity index (χ0) is 15.0. The van der Waals surface area contributed by atoms with E-state index in [1.54, 1.807) is 17.4 Å². The van der Waals surface area contributed by atoms with Gasteiger partial charge in [-0.25, -0.2) is 9.37 Å². The van der Waals surface area contributed by atoms with Crippen molar-refractivity contribution in [1.29, 1.82) is 0 Å². The molecule has 3 rings (SSSR count). The summed E-state index contributed by atoms with van der Waals surface area (Å²) in [7, 11) is 0. The van der Waals surface area contributed by atoms with Crippen LogP contribution in [0.4, 0.5) is 4.39 Å². The first-order valence-corrected chi connectivity index (χ1v) is 8.84. The number of halogens is 2. The molecule has 0 amide bonds. The van der Waals surface area contributed by atoms with Crippen molar-refractivity contribution in [3.8, 4) is 10.6 Å². The Morgan fingerprint density at radius 1 is 1.43 bits per heavy atom. The Labute approximate surface area is 136 Å². The van der Waals surface area contributed by atoms with Crippen LogP contribution in [0.5, 0.6) is 0 Å². The Kier molecular flexibility index (Phi) is 4.43. The summed E-state index contributed by atoms with van der Waals surface area (Å²) in [6.45, 7) is 5.22. The first-order chi connectivity index (χ1) is 10.0. The highest BCUT2D eigenvalue weighted by Gasteiger charge is 2.22. The van der Waals surface area contributed by atoms with Gasteiger partial charge in [-0.2, -0.15) is 0 Å². The SMILES string of the molecule is CC(C)c1nc(-c2ccc(F)cc2Br)sc1CNC1CC1. The largest absolute Gasteiger partial charge is 0.309 e. The Morgan fingerprint density at radius 2 is 2.19 bits per heavy atom. The van der Waals surface area contributed by atoms with Gasteiger partial charge in [0.25, 0.3) is 0 Å². The number of rotatable bonds is 5. The minimum atomic E-state index is -0.234. The predicted molar refractivity (Wildman–Crippen MR) is 89.2 cm³/mol. The number of benzene rings is 1. The van der Waals surface area contributed by atoms with Crippen LogP contribution in [0.3, 0.4) is 0 Å². The third kappa shape index (κ3) is 3.52. The smallest absolute Gasteiger partial charge is 0.125 e. The molecule has 1 aliphatic carbocycles. The van der Waals surface area contributed by atoms with E-state index >= 15 is 0 Å². The second kappa shape index (κ2) is 6.15. The quantitative estimate of drug-likeness (QED) is 0.794. The summed E-state index contributed by atoms with van der Waals surface area (Å²) < 4.78 is 14.0. The lowest BCUT2D eigenvalue weighted by Gasteiger charge is -2.05. The van der Waals surface area contributed by atoms with Crippen LogP contribution in [0.2, 0.25) is 0 Å². The van der Waals surface area contributed by atoms with E-state index < -0.39 is 0 Å². The lowest BCUT2D eigenvalue weighted by Crippen LogP contribution is -2.15.